The van der Waals surface area contributed by atoms with Gasteiger partial charge in [-0.05, 0) is 85.3 Å². The molecule has 4 aromatic rings. The molecular weight excluding hydrogens is 605 g/mol. The standard InChI is InChI=1S/C39H46FN5O3/c1-27(26-39(2,3)41)22-36(46)44(4)35(25-30-10-13-31-8-6-7-9-32(31)23-30)38(48)45(5)34(24-29-11-14-33(40)15-12-29)37(47)43-21-18-28-16-19-42-20-17-28/h6-17,19-20,22-23,34-35H,18,21,24-26,41H2,1-5H3,(H,43,47)/t34-,35-/m1/s1. The summed E-state index contributed by atoms with van der Waals surface area (Å²) in [6, 6.07) is 21.7. The average Bonchev–Trinajstić information content (AvgIpc) is 3.05. The molecule has 0 saturated heterocycles. The number of benzene rings is 3. The van der Waals surface area contributed by atoms with Gasteiger partial charge in [0, 0.05) is 57.5 Å². The zero-order valence-corrected chi connectivity index (χ0v) is 28.4. The minimum Gasteiger partial charge on any atom is -0.354 e. The second-order valence-electron chi connectivity index (χ2n) is 13.2. The molecule has 3 amide bonds. The lowest BCUT2D eigenvalue weighted by atomic mass is 9.96. The van der Waals surface area contributed by atoms with E-state index in [2.05, 4.69) is 10.3 Å². The summed E-state index contributed by atoms with van der Waals surface area (Å²) >= 11 is 0. The molecule has 9 heteroatoms. The normalized spacial score (nSPS) is 13.1. The number of halogens is 1. The molecule has 0 radical (unpaired) electrons. The largest absolute Gasteiger partial charge is 0.354 e. The van der Waals surface area contributed by atoms with E-state index in [0.717, 1.165) is 27.5 Å². The van der Waals surface area contributed by atoms with Crippen molar-refractivity contribution in [2.45, 2.75) is 64.1 Å². The molecule has 3 aromatic carbocycles. The zero-order chi connectivity index (χ0) is 34.8. The first-order chi connectivity index (χ1) is 22.8. The Morgan fingerprint density at radius 1 is 0.854 bits per heavy atom. The lowest BCUT2D eigenvalue weighted by Gasteiger charge is -2.34. The molecule has 0 unspecified atom stereocenters. The quantitative estimate of drug-likeness (QED) is 0.181. The van der Waals surface area contributed by atoms with Crippen molar-refractivity contribution in [1.82, 2.24) is 20.1 Å². The van der Waals surface area contributed by atoms with Crippen LogP contribution in [0.3, 0.4) is 0 Å². The summed E-state index contributed by atoms with van der Waals surface area (Å²) in [5.41, 5.74) is 9.08. The monoisotopic (exact) mass is 651 g/mol. The maximum atomic E-state index is 14.5. The number of nitrogens with two attached hydrogens (primary N) is 1. The van der Waals surface area contributed by atoms with E-state index in [9.17, 15) is 18.8 Å². The molecule has 0 aliphatic heterocycles. The van der Waals surface area contributed by atoms with Crippen LogP contribution in [0.1, 0.15) is 43.9 Å². The summed E-state index contributed by atoms with van der Waals surface area (Å²) in [7, 11) is 3.20. The van der Waals surface area contributed by atoms with Gasteiger partial charge in [-0.3, -0.25) is 19.4 Å². The maximum absolute atomic E-state index is 14.5. The summed E-state index contributed by atoms with van der Waals surface area (Å²) in [6.07, 6.45) is 6.41. The fraction of sp³-hybridized carbons (Fsp3) is 0.333. The van der Waals surface area contributed by atoms with Crippen LogP contribution in [-0.4, -0.2) is 70.8 Å². The van der Waals surface area contributed by atoms with Crippen LogP contribution in [0.2, 0.25) is 0 Å². The second kappa shape index (κ2) is 16.3. The Balaban J connectivity index is 1.64. The molecule has 2 atom stereocenters. The first kappa shape index (κ1) is 36.0. The van der Waals surface area contributed by atoms with Crippen LogP contribution in [0.5, 0.6) is 0 Å². The van der Waals surface area contributed by atoms with Crippen molar-refractivity contribution in [2.24, 2.45) is 5.73 Å². The number of likely N-dealkylation sites (N-methyl/N-ethyl adjacent to an activating group) is 2. The number of amides is 3. The highest BCUT2D eigenvalue weighted by Gasteiger charge is 2.35. The number of pyridine rings is 1. The van der Waals surface area contributed by atoms with Crippen molar-refractivity contribution in [1.29, 1.82) is 0 Å². The summed E-state index contributed by atoms with van der Waals surface area (Å²) in [5.74, 6) is -1.45. The van der Waals surface area contributed by atoms with Gasteiger partial charge in [-0.25, -0.2) is 4.39 Å². The third-order valence-electron chi connectivity index (χ3n) is 8.37. The number of fused-ring (bicyclic) bond motifs is 1. The van der Waals surface area contributed by atoms with E-state index >= 15 is 0 Å². The molecule has 48 heavy (non-hydrogen) atoms. The van der Waals surface area contributed by atoms with Crippen molar-refractivity contribution in [3.63, 3.8) is 0 Å². The van der Waals surface area contributed by atoms with Crippen LogP contribution in [0, 0.1) is 5.82 Å². The van der Waals surface area contributed by atoms with Gasteiger partial charge in [0.1, 0.15) is 17.9 Å². The smallest absolute Gasteiger partial charge is 0.246 e. The van der Waals surface area contributed by atoms with Gasteiger partial charge in [0.25, 0.3) is 0 Å². The zero-order valence-electron chi connectivity index (χ0n) is 28.4. The molecule has 3 N–H and O–H groups in total. The van der Waals surface area contributed by atoms with Crippen molar-refractivity contribution in [3.05, 3.63) is 125 Å². The van der Waals surface area contributed by atoms with Gasteiger partial charge in [-0.2, -0.15) is 0 Å². The summed E-state index contributed by atoms with van der Waals surface area (Å²) in [4.78, 5) is 48.8. The minimum atomic E-state index is -0.918. The number of hydrogen-bond acceptors (Lipinski definition) is 5. The van der Waals surface area contributed by atoms with E-state index < -0.39 is 23.4 Å². The molecule has 8 nitrogen and oxygen atoms in total. The second-order valence-corrected chi connectivity index (χ2v) is 13.2. The van der Waals surface area contributed by atoms with E-state index in [-0.39, 0.29) is 30.6 Å². The predicted molar refractivity (Wildman–Crippen MR) is 188 cm³/mol. The molecule has 0 spiro atoms. The Labute approximate surface area is 282 Å². The first-order valence-electron chi connectivity index (χ1n) is 16.2. The van der Waals surface area contributed by atoms with Crippen molar-refractivity contribution in [2.75, 3.05) is 20.6 Å². The lowest BCUT2D eigenvalue weighted by Crippen LogP contribution is -2.56. The Hall–Kier alpha value is -4.89. The SMILES string of the molecule is CC(=CC(=O)N(C)[C@H](Cc1ccc2ccccc2c1)C(=O)N(C)[C@H](Cc1ccc(F)cc1)C(=O)NCCc1ccncc1)CC(C)(C)N. The number of hydrogen-bond donors (Lipinski definition) is 2. The topological polar surface area (TPSA) is 109 Å². The molecule has 1 heterocycles. The van der Waals surface area contributed by atoms with E-state index in [1.165, 1.54) is 28.0 Å². The lowest BCUT2D eigenvalue weighted by molar-refractivity contribution is -0.146. The van der Waals surface area contributed by atoms with Crippen molar-refractivity contribution in [3.8, 4) is 0 Å². The number of rotatable bonds is 14. The van der Waals surface area contributed by atoms with Crippen molar-refractivity contribution >= 4 is 28.5 Å². The molecule has 0 saturated carbocycles. The van der Waals surface area contributed by atoms with Gasteiger partial charge in [-0.15, -0.1) is 0 Å². The van der Waals surface area contributed by atoms with Gasteiger partial charge in [0.05, 0.1) is 0 Å². The van der Waals surface area contributed by atoms with Gasteiger partial charge in [0.2, 0.25) is 17.7 Å². The predicted octanol–water partition coefficient (Wildman–Crippen LogP) is 5.25. The molecule has 1 aromatic heterocycles. The van der Waals surface area contributed by atoms with E-state index in [1.807, 2.05) is 75.4 Å². The van der Waals surface area contributed by atoms with Gasteiger partial charge < -0.3 is 20.9 Å². The van der Waals surface area contributed by atoms with Crippen LogP contribution in [-0.2, 0) is 33.6 Å². The molecule has 0 fully saturated rings. The van der Waals surface area contributed by atoms with Crippen LogP contribution >= 0.6 is 0 Å². The summed E-state index contributed by atoms with van der Waals surface area (Å²) in [5, 5.41) is 5.06. The Bertz CT molecular complexity index is 1730. The van der Waals surface area contributed by atoms with E-state index in [1.54, 1.807) is 38.6 Å². The van der Waals surface area contributed by atoms with Gasteiger partial charge >= 0.3 is 0 Å². The van der Waals surface area contributed by atoms with Crippen molar-refractivity contribution < 1.29 is 18.8 Å². The van der Waals surface area contributed by atoms with Gasteiger partial charge in [0.15, 0.2) is 0 Å². The molecule has 0 bridgehead atoms. The summed E-state index contributed by atoms with van der Waals surface area (Å²) < 4.78 is 13.8. The maximum Gasteiger partial charge on any atom is 0.246 e. The fourth-order valence-electron chi connectivity index (χ4n) is 5.85. The number of aromatic nitrogens is 1. The third kappa shape index (κ3) is 10.3. The highest BCUT2D eigenvalue weighted by molar-refractivity contribution is 5.95. The Morgan fingerprint density at radius 3 is 2.15 bits per heavy atom. The van der Waals surface area contributed by atoms with Crippen LogP contribution in [0.4, 0.5) is 4.39 Å². The number of nitrogens with zero attached hydrogens (tertiary/aromatic N) is 3. The Kier molecular flexibility index (Phi) is 12.2. The summed E-state index contributed by atoms with van der Waals surface area (Å²) in [6.45, 7) is 5.98. The van der Waals surface area contributed by atoms with Gasteiger partial charge in [-0.1, -0.05) is 60.2 Å². The Morgan fingerprint density at radius 2 is 1.48 bits per heavy atom. The highest BCUT2D eigenvalue weighted by Crippen LogP contribution is 2.21. The van der Waals surface area contributed by atoms with Crippen LogP contribution in [0.15, 0.2) is 103 Å². The molecular formula is C39H46FN5O3. The number of carbonyl (C=O) groups excluding carboxylic acids is 3. The number of carbonyl (C=O) groups is 3. The van der Waals surface area contributed by atoms with E-state index in [4.69, 9.17) is 5.73 Å². The first-order valence-corrected chi connectivity index (χ1v) is 16.2. The molecule has 252 valence electrons. The number of nitrogens with one attached hydrogen (secondary N) is 1. The average molecular weight is 652 g/mol. The molecule has 0 aliphatic rings. The van der Waals surface area contributed by atoms with Crippen LogP contribution in [0.25, 0.3) is 10.8 Å². The van der Waals surface area contributed by atoms with Crippen LogP contribution < -0.4 is 11.1 Å². The van der Waals surface area contributed by atoms with E-state index in [0.29, 0.717) is 24.9 Å². The molecule has 4 rings (SSSR count). The minimum absolute atomic E-state index is 0.161. The fourth-order valence-corrected chi connectivity index (χ4v) is 5.85. The third-order valence-corrected chi connectivity index (χ3v) is 8.37. The molecule has 0 aliphatic carbocycles. The highest BCUT2D eigenvalue weighted by atomic mass is 19.1.